The fraction of sp³-hybridized carbons (Fsp3) is 1.00. The smallest absolute Gasteiger partial charge is 0.00886 e. The van der Waals surface area contributed by atoms with E-state index in [1.54, 1.807) is 0 Å². The molecule has 0 spiro atoms. The van der Waals surface area contributed by atoms with Gasteiger partial charge in [0.1, 0.15) is 0 Å². The minimum Gasteiger partial charge on any atom is -0.304 e. The van der Waals surface area contributed by atoms with Gasteiger partial charge >= 0.3 is 0 Å². The molecule has 0 aliphatic carbocycles. The van der Waals surface area contributed by atoms with E-state index in [0.29, 0.717) is 0 Å². The molecule has 10 heavy (non-hydrogen) atoms. The maximum atomic E-state index is 5.30. The second-order valence-electron chi connectivity index (χ2n) is 2.25. The molecule has 0 saturated heterocycles. The zero-order chi connectivity index (χ0) is 7.82. The van der Waals surface area contributed by atoms with Crippen LogP contribution in [0.3, 0.4) is 0 Å². The first-order valence-electron chi connectivity index (χ1n) is 3.89. The molecule has 0 bridgehead atoms. The molecule has 0 amide bonds. The molecule has 0 fully saturated rings. The third kappa shape index (κ3) is 5.09. The Balaban J connectivity index is 3.09. The highest BCUT2D eigenvalue weighted by Gasteiger charge is 1.96. The van der Waals surface area contributed by atoms with Gasteiger partial charge in [0.05, 0.1) is 0 Å². The Morgan fingerprint density at radius 1 is 1.30 bits per heavy atom. The average molecular weight is 162 g/mol. The Bertz CT molecular complexity index is 64.6. The summed E-state index contributed by atoms with van der Waals surface area (Å²) in [6.45, 7) is 7.90. The van der Waals surface area contributed by atoms with E-state index >= 15 is 0 Å². The summed E-state index contributed by atoms with van der Waals surface area (Å²) in [4.78, 5) is 2.41. The molecule has 0 aromatic heterocycles. The molecule has 0 aromatic carbocycles. The van der Waals surface area contributed by atoms with Crippen LogP contribution >= 0.6 is 11.9 Å². The van der Waals surface area contributed by atoms with Crippen LogP contribution in [0.15, 0.2) is 0 Å². The Morgan fingerprint density at radius 2 is 1.90 bits per heavy atom. The lowest BCUT2D eigenvalue weighted by Crippen LogP contribution is -2.24. The summed E-state index contributed by atoms with van der Waals surface area (Å²) in [6, 6.07) is 0. The molecular weight excluding hydrogens is 144 g/mol. The lowest BCUT2D eigenvalue weighted by molar-refractivity contribution is 0.305. The maximum absolute atomic E-state index is 5.30. The molecule has 0 radical (unpaired) electrons. The molecule has 0 rings (SSSR count). The second kappa shape index (κ2) is 7.38. The van der Waals surface area contributed by atoms with Gasteiger partial charge in [0, 0.05) is 5.75 Å². The summed E-state index contributed by atoms with van der Waals surface area (Å²) < 4.78 is 0. The van der Waals surface area contributed by atoms with Crippen molar-refractivity contribution in [2.45, 2.75) is 20.3 Å². The molecule has 0 atom stereocenters. The fourth-order valence-electron chi connectivity index (χ4n) is 0.911. The van der Waals surface area contributed by atoms with Crippen LogP contribution in [-0.2, 0) is 0 Å². The van der Waals surface area contributed by atoms with Crippen molar-refractivity contribution in [3.63, 3.8) is 0 Å². The minimum atomic E-state index is 1.08. The Morgan fingerprint density at radius 3 is 2.30 bits per heavy atom. The van der Waals surface area contributed by atoms with E-state index in [0.717, 1.165) is 18.8 Å². The van der Waals surface area contributed by atoms with Crippen LogP contribution in [0.5, 0.6) is 0 Å². The van der Waals surface area contributed by atoms with Crippen molar-refractivity contribution in [1.82, 2.24) is 4.90 Å². The van der Waals surface area contributed by atoms with Gasteiger partial charge in [-0.3, -0.25) is 5.14 Å². The SMILES string of the molecule is CCN(CC)CCCSN. The highest BCUT2D eigenvalue weighted by Crippen LogP contribution is 1.94. The van der Waals surface area contributed by atoms with Gasteiger partial charge < -0.3 is 4.90 Å². The highest BCUT2D eigenvalue weighted by atomic mass is 32.2. The monoisotopic (exact) mass is 162 g/mol. The van der Waals surface area contributed by atoms with Crippen LogP contribution in [0.4, 0.5) is 0 Å². The molecule has 0 unspecified atom stereocenters. The highest BCUT2D eigenvalue weighted by molar-refractivity contribution is 7.97. The van der Waals surface area contributed by atoms with Crippen molar-refractivity contribution in [3.8, 4) is 0 Å². The van der Waals surface area contributed by atoms with Crippen LogP contribution in [0, 0.1) is 0 Å². The van der Waals surface area contributed by atoms with E-state index in [4.69, 9.17) is 5.14 Å². The summed E-state index contributed by atoms with van der Waals surface area (Å²) in [6.07, 6.45) is 1.21. The van der Waals surface area contributed by atoms with Gasteiger partial charge in [0.2, 0.25) is 0 Å². The first kappa shape index (κ1) is 10.3. The topological polar surface area (TPSA) is 29.3 Å². The van der Waals surface area contributed by atoms with Gasteiger partial charge in [-0.1, -0.05) is 25.8 Å². The molecule has 0 aliphatic heterocycles. The van der Waals surface area contributed by atoms with Crippen molar-refractivity contribution >= 4 is 11.9 Å². The van der Waals surface area contributed by atoms with Crippen LogP contribution < -0.4 is 5.14 Å². The molecule has 0 saturated carbocycles. The predicted octanol–water partition coefficient (Wildman–Crippen LogP) is 1.33. The van der Waals surface area contributed by atoms with E-state index in [2.05, 4.69) is 18.7 Å². The normalized spacial score (nSPS) is 10.8. The predicted molar refractivity (Wildman–Crippen MR) is 49.1 cm³/mol. The van der Waals surface area contributed by atoms with Gasteiger partial charge in [-0.25, -0.2) is 0 Å². The maximum Gasteiger partial charge on any atom is 0.00886 e. The van der Waals surface area contributed by atoms with Crippen LogP contribution in [-0.4, -0.2) is 30.3 Å². The number of rotatable bonds is 6. The first-order valence-corrected chi connectivity index (χ1v) is 4.94. The van der Waals surface area contributed by atoms with E-state index in [1.807, 2.05) is 0 Å². The molecular formula is C7H18N2S. The third-order valence-corrected chi connectivity index (χ3v) is 2.16. The van der Waals surface area contributed by atoms with Crippen molar-refractivity contribution in [2.24, 2.45) is 5.14 Å². The fourth-order valence-corrected chi connectivity index (χ4v) is 1.21. The second-order valence-corrected chi connectivity index (χ2v) is 2.99. The van der Waals surface area contributed by atoms with Crippen LogP contribution in [0.1, 0.15) is 20.3 Å². The molecule has 0 aromatic rings. The van der Waals surface area contributed by atoms with E-state index < -0.39 is 0 Å². The summed E-state index contributed by atoms with van der Waals surface area (Å²) in [7, 11) is 0. The van der Waals surface area contributed by atoms with Gasteiger partial charge in [0.25, 0.3) is 0 Å². The van der Waals surface area contributed by atoms with Crippen LogP contribution in [0.25, 0.3) is 0 Å². The lowest BCUT2D eigenvalue weighted by Gasteiger charge is -2.16. The van der Waals surface area contributed by atoms with Crippen LogP contribution in [0.2, 0.25) is 0 Å². The van der Waals surface area contributed by atoms with Gasteiger partial charge in [-0.2, -0.15) is 0 Å². The summed E-state index contributed by atoms with van der Waals surface area (Å²) >= 11 is 1.44. The lowest BCUT2D eigenvalue weighted by atomic mass is 10.4. The van der Waals surface area contributed by atoms with Crippen molar-refractivity contribution in [1.29, 1.82) is 0 Å². The summed E-state index contributed by atoms with van der Waals surface area (Å²) in [5.74, 6) is 1.08. The van der Waals surface area contributed by atoms with Crippen molar-refractivity contribution < 1.29 is 0 Å². The zero-order valence-corrected chi connectivity index (χ0v) is 7.78. The van der Waals surface area contributed by atoms with Gasteiger partial charge in [0.15, 0.2) is 0 Å². The molecule has 3 heteroatoms. The van der Waals surface area contributed by atoms with E-state index in [1.165, 1.54) is 24.9 Å². The summed E-state index contributed by atoms with van der Waals surface area (Å²) in [5, 5.41) is 5.30. The number of nitrogens with two attached hydrogens (primary N) is 1. The largest absolute Gasteiger partial charge is 0.304 e. The molecule has 2 N–H and O–H groups in total. The third-order valence-electron chi connectivity index (χ3n) is 1.63. The summed E-state index contributed by atoms with van der Waals surface area (Å²) in [5.41, 5.74) is 0. The van der Waals surface area contributed by atoms with Crippen molar-refractivity contribution in [2.75, 3.05) is 25.4 Å². The molecule has 2 nitrogen and oxygen atoms in total. The Hall–Kier alpha value is 0.270. The molecule has 62 valence electrons. The average Bonchev–Trinajstić information content (AvgIpc) is 1.99. The number of hydrogen-bond donors (Lipinski definition) is 1. The van der Waals surface area contributed by atoms with Gasteiger partial charge in [-0.05, 0) is 26.1 Å². The first-order chi connectivity index (χ1) is 4.85. The quantitative estimate of drug-likeness (QED) is 0.472. The molecule has 0 heterocycles. The van der Waals surface area contributed by atoms with E-state index in [-0.39, 0.29) is 0 Å². The van der Waals surface area contributed by atoms with E-state index in [9.17, 15) is 0 Å². The van der Waals surface area contributed by atoms with Gasteiger partial charge in [-0.15, -0.1) is 0 Å². The molecule has 0 aliphatic rings. The minimum absolute atomic E-state index is 1.08. The Labute approximate surface area is 68.3 Å². The van der Waals surface area contributed by atoms with Crippen molar-refractivity contribution in [3.05, 3.63) is 0 Å². The number of nitrogens with zero attached hydrogens (tertiary/aromatic N) is 1. The zero-order valence-electron chi connectivity index (χ0n) is 6.97. The standard InChI is InChI=1S/C7H18N2S/c1-3-9(4-2)6-5-7-10-8/h3-8H2,1-2H3. The Kier molecular flexibility index (Phi) is 7.58. The number of hydrogen-bond acceptors (Lipinski definition) is 3.